The number of nitrogens with one attached hydrogen (secondary N) is 1. The van der Waals surface area contributed by atoms with Crippen LogP contribution in [0.15, 0.2) is 54.6 Å². The van der Waals surface area contributed by atoms with Crippen LogP contribution >= 0.6 is 0 Å². The number of hydrogen-bond donors (Lipinski definition) is 1. The Kier molecular flexibility index (Phi) is 4.68. The molecule has 0 radical (unpaired) electrons. The molecule has 2 heterocycles. The van der Waals surface area contributed by atoms with Crippen molar-refractivity contribution in [2.75, 3.05) is 4.90 Å². The number of fused-ring (bicyclic) bond motifs is 2. The van der Waals surface area contributed by atoms with E-state index < -0.39 is 29.5 Å². The lowest BCUT2D eigenvalue weighted by Crippen LogP contribution is -2.45. The van der Waals surface area contributed by atoms with E-state index in [1.54, 1.807) is 12.1 Å². The Morgan fingerprint density at radius 1 is 0.676 bits per heavy atom. The summed E-state index contributed by atoms with van der Waals surface area (Å²) in [6, 6.07) is 14.2. The highest BCUT2D eigenvalue weighted by molar-refractivity contribution is 6.35. The molecule has 0 unspecified atom stereocenters. The van der Waals surface area contributed by atoms with Crippen molar-refractivity contribution in [3.63, 3.8) is 0 Å². The Bertz CT molecular complexity index is 1420. The second kappa shape index (κ2) is 7.48. The van der Waals surface area contributed by atoms with Crippen LogP contribution in [0, 0.1) is 20.8 Å². The molecule has 2 aliphatic rings. The third-order valence-corrected chi connectivity index (χ3v) is 6.02. The fourth-order valence-electron chi connectivity index (χ4n) is 4.57. The van der Waals surface area contributed by atoms with Crippen molar-refractivity contribution in [2.24, 2.45) is 0 Å². The maximum atomic E-state index is 13.2. The average molecular weight is 453 g/mol. The van der Waals surface area contributed by atoms with Gasteiger partial charge < -0.3 is 0 Å². The zero-order valence-electron chi connectivity index (χ0n) is 18.6. The number of amides is 5. The van der Waals surface area contributed by atoms with Crippen LogP contribution in [-0.4, -0.2) is 34.5 Å². The number of nitrogens with zero attached hydrogens (tertiary/aromatic N) is 2. The average Bonchev–Trinajstić information content (AvgIpc) is 3.19. The van der Waals surface area contributed by atoms with Gasteiger partial charge in [-0.15, -0.1) is 0 Å². The van der Waals surface area contributed by atoms with Gasteiger partial charge in [0.05, 0.1) is 27.9 Å². The van der Waals surface area contributed by atoms with Gasteiger partial charge in [-0.1, -0.05) is 29.8 Å². The highest BCUT2D eigenvalue weighted by Crippen LogP contribution is 2.34. The van der Waals surface area contributed by atoms with Gasteiger partial charge in [0.25, 0.3) is 29.5 Å². The molecule has 0 aromatic heterocycles. The Hall–Kier alpha value is -4.59. The van der Waals surface area contributed by atoms with E-state index in [0.29, 0.717) is 10.7 Å². The maximum absolute atomic E-state index is 13.2. The van der Waals surface area contributed by atoms with E-state index in [2.05, 4.69) is 5.43 Å². The molecule has 5 amide bonds. The van der Waals surface area contributed by atoms with E-state index >= 15 is 0 Å². The molecule has 0 aliphatic carbocycles. The van der Waals surface area contributed by atoms with Gasteiger partial charge in [-0.05, 0) is 62.2 Å². The van der Waals surface area contributed by atoms with E-state index in [4.69, 9.17) is 0 Å². The highest BCUT2D eigenvalue weighted by atomic mass is 16.2. The van der Waals surface area contributed by atoms with Crippen molar-refractivity contribution in [1.82, 2.24) is 10.4 Å². The number of carbonyl (C=O) groups excluding carboxylic acids is 5. The van der Waals surface area contributed by atoms with E-state index in [1.165, 1.54) is 30.3 Å². The molecule has 0 atom stereocenters. The van der Waals surface area contributed by atoms with Crippen LogP contribution in [0.25, 0.3) is 0 Å². The third-order valence-electron chi connectivity index (χ3n) is 6.02. The van der Waals surface area contributed by atoms with Crippen LogP contribution in [0.3, 0.4) is 0 Å². The molecule has 3 aromatic rings. The minimum Gasteiger partial charge on any atom is -0.268 e. The van der Waals surface area contributed by atoms with Crippen molar-refractivity contribution in [3.8, 4) is 0 Å². The smallest absolute Gasteiger partial charge is 0.268 e. The summed E-state index contributed by atoms with van der Waals surface area (Å²) < 4.78 is 0. The van der Waals surface area contributed by atoms with E-state index in [-0.39, 0.29) is 27.8 Å². The van der Waals surface area contributed by atoms with Crippen molar-refractivity contribution >= 4 is 35.2 Å². The summed E-state index contributed by atoms with van der Waals surface area (Å²) in [5.74, 6) is -3.04. The van der Waals surface area contributed by atoms with E-state index in [0.717, 1.165) is 21.6 Å². The molecule has 1 N–H and O–H groups in total. The molecule has 3 aromatic carbocycles. The highest BCUT2D eigenvalue weighted by Gasteiger charge is 2.40. The SMILES string of the molecule is Cc1cc(C)c(N2C(=O)c3ccc(C(=O)NN4C(=O)c5ccccc5C4=O)cc3C2=O)c(C)c1. The summed E-state index contributed by atoms with van der Waals surface area (Å²) in [5, 5.41) is 0.651. The molecule has 0 bridgehead atoms. The third kappa shape index (κ3) is 3.03. The van der Waals surface area contributed by atoms with Gasteiger partial charge in [-0.3, -0.25) is 29.4 Å². The first-order chi connectivity index (χ1) is 16.2. The van der Waals surface area contributed by atoms with Gasteiger partial charge in [0, 0.05) is 5.56 Å². The van der Waals surface area contributed by atoms with Crippen molar-refractivity contribution in [3.05, 3.63) is 99.1 Å². The van der Waals surface area contributed by atoms with Crippen LogP contribution < -0.4 is 10.3 Å². The van der Waals surface area contributed by atoms with Gasteiger partial charge in [-0.25, -0.2) is 4.90 Å². The summed E-state index contributed by atoms with van der Waals surface area (Å²) in [4.78, 5) is 65.3. The quantitative estimate of drug-likeness (QED) is 0.613. The van der Waals surface area contributed by atoms with Crippen molar-refractivity contribution in [2.45, 2.75) is 20.8 Å². The number of imide groups is 2. The number of hydrazine groups is 1. The molecule has 8 nitrogen and oxygen atoms in total. The predicted molar refractivity (Wildman–Crippen MR) is 123 cm³/mol. The minimum atomic E-state index is -0.751. The molecule has 2 aliphatic heterocycles. The van der Waals surface area contributed by atoms with Gasteiger partial charge in [0.1, 0.15) is 0 Å². The van der Waals surface area contributed by atoms with Crippen LogP contribution in [0.1, 0.15) is 68.5 Å². The summed E-state index contributed by atoms with van der Waals surface area (Å²) in [6.07, 6.45) is 0. The Labute approximate surface area is 194 Å². The molecular formula is C26H19N3O5. The lowest BCUT2D eigenvalue weighted by Gasteiger charge is -2.20. The Morgan fingerprint density at radius 2 is 1.21 bits per heavy atom. The van der Waals surface area contributed by atoms with Crippen LogP contribution in [0.5, 0.6) is 0 Å². The number of anilines is 1. The second-order valence-electron chi connectivity index (χ2n) is 8.39. The first-order valence-corrected chi connectivity index (χ1v) is 10.6. The number of rotatable bonds is 3. The molecule has 8 heteroatoms. The van der Waals surface area contributed by atoms with E-state index in [9.17, 15) is 24.0 Å². The molecule has 0 saturated carbocycles. The molecule has 34 heavy (non-hydrogen) atoms. The van der Waals surface area contributed by atoms with Gasteiger partial charge in [0.15, 0.2) is 0 Å². The molecular weight excluding hydrogens is 434 g/mol. The Morgan fingerprint density at radius 3 is 1.79 bits per heavy atom. The summed E-state index contributed by atoms with van der Waals surface area (Å²) >= 11 is 0. The topological polar surface area (TPSA) is 104 Å². The maximum Gasteiger partial charge on any atom is 0.280 e. The monoisotopic (exact) mass is 453 g/mol. The predicted octanol–water partition coefficient (Wildman–Crippen LogP) is 3.35. The summed E-state index contributed by atoms with van der Waals surface area (Å²) in [7, 11) is 0. The summed E-state index contributed by atoms with van der Waals surface area (Å²) in [5.41, 5.74) is 6.12. The fourth-order valence-corrected chi connectivity index (χ4v) is 4.57. The van der Waals surface area contributed by atoms with Crippen LogP contribution in [0.2, 0.25) is 0 Å². The van der Waals surface area contributed by atoms with Gasteiger partial charge >= 0.3 is 0 Å². The Balaban J connectivity index is 1.44. The zero-order valence-corrected chi connectivity index (χ0v) is 18.6. The van der Waals surface area contributed by atoms with Crippen molar-refractivity contribution < 1.29 is 24.0 Å². The summed E-state index contributed by atoms with van der Waals surface area (Å²) in [6.45, 7) is 5.60. The zero-order chi connectivity index (χ0) is 24.3. The lowest BCUT2D eigenvalue weighted by molar-refractivity contribution is 0.0518. The molecule has 168 valence electrons. The second-order valence-corrected chi connectivity index (χ2v) is 8.39. The van der Waals surface area contributed by atoms with Gasteiger partial charge in [-0.2, -0.15) is 5.01 Å². The van der Waals surface area contributed by atoms with Crippen molar-refractivity contribution in [1.29, 1.82) is 0 Å². The fraction of sp³-hybridized carbons (Fsp3) is 0.115. The number of benzene rings is 3. The molecule has 5 rings (SSSR count). The first kappa shape index (κ1) is 21.3. The largest absolute Gasteiger partial charge is 0.280 e. The standard InChI is InChI=1S/C26H19N3O5/c1-13-10-14(2)21(15(3)11-13)28-23(31)19-9-8-16(12-20(19)24(28)32)22(30)27-29-25(33)17-6-4-5-7-18(17)26(29)34/h4-12H,1-3H3,(H,27,30). The molecule has 0 fully saturated rings. The van der Waals surface area contributed by atoms with Crippen LogP contribution in [0.4, 0.5) is 5.69 Å². The number of hydrogen-bond acceptors (Lipinski definition) is 5. The first-order valence-electron chi connectivity index (χ1n) is 10.6. The lowest BCUT2D eigenvalue weighted by atomic mass is 10.0. The number of aryl methyl sites for hydroxylation is 3. The number of carbonyl (C=O) groups is 5. The normalized spacial score (nSPS) is 14.6. The van der Waals surface area contributed by atoms with Gasteiger partial charge in [0.2, 0.25) is 0 Å². The van der Waals surface area contributed by atoms with E-state index in [1.807, 2.05) is 32.9 Å². The molecule has 0 saturated heterocycles. The molecule has 0 spiro atoms. The van der Waals surface area contributed by atoms with Crippen LogP contribution in [-0.2, 0) is 0 Å². The minimum absolute atomic E-state index is 0.0376.